The van der Waals surface area contributed by atoms with Crippen LogP contribution in [0.2, 0.25) is 0 Å². The van der Waals surface area contributed by atoms with Crippen LogP contribution < -0.4 is 5.32 Å². The molecule has 1 aliphatic rings. The molecule has 1 fully saturated rings. The summed E-state index contributed by atoms with van der Waals surface area (Å²) in [4.78, 5) is 12.0. The van der Waals surface area contributed by atoms with Crippen LogP contribution in [0.25, 0.3) is 0 Å². The minimum atomic E-state index is -0.428. The highest BCUT2D eigenvalue weighted by atomic mass is 16.3. The predicted molar refractivity (Wildman–Crippen MR) is 82.6 cm³/mol. The maximum atomic E-state index is 12.0. The van der Waals surface area contributed by atoms with Crippen molar-refractivity contribution < 1.29 is 14.3 Å². The first kappa shape index (κ1) is 15.7. The topological polar surface area (TPSA) is 93.2 Å². The smallest absolute Gasteiger partial charge is 0.227 e. The average Bonchev–Trinajstić information content (AvgIpc) is 3.18. The van der Waals surface area contributed by atoms with Crippen LogP contribution in [0.4, 0.5) is 0 Å². The lowest BCUT2D eigenvalue weighted by molar-refractivity contribution is -0.121. The van der Waals surface area contributed by atoms with Gasteiger partial charge >= 0.3 is 0 Å². The minimum Gasteiger partial charge on any atom is -0.466 e. The van der Waals surface area contributed by atoms with Crippen molar-refractivity contribution >= 4 is 5.91 Å². The van der Waals surface area contributed by atoms with E-state index in [4.69, 9.17) is 4.42 Å². The Morgan fingerprint density at radius 3 is 2.96 bits per heavy atom. The number of carbonyl (C=O) groups excluding carboxylic acids is 1. The molecule has 2 heterocycles. The van der Waals surface area contributed by atoms with Gasteiger partial charge in [-0.1, -0.05) is 0 Å². The van der Waals surface area contributed by atoms with Gasteiger partial charge in [-0.25, -0.2) is 0 Å². The molecule has 0 saturated heterocycles. The van der Waals surface area contributed by atoms with E-state index >= 15 is 0 Å². The Kier molecular flexibility index (Phi) is 4.47. The highest BCUT2D eigenvalue weighted by Crippen LogP contribution is 2.37. The predicted octanol–water partition coefficient (Wildman–Crippen LogP) is 0.930. The molecule has 7 nitrogen and oxygen atoms in total. The maximum absolute atomic E-state index is 12.0. The number of hydrogen-bond donors (Lipinski definition) is 2. The summed E-state index contributed by atoms with van der Waals surface area (Å²) in [5, 5.41) is 21.1. The number of nitrogens with zero attached hydrogens (tertiary/aromatic N) is 3. The zero-order chi connectivity index (χ0) is 16.4. The van der Waals surface area contributed by atoms with Crippen molar-refractivity contribution in [3.8, 4) is 0 Å². The molecule has 23 heavy (non-hydrogen) atoms. The molecular weight excluding hydrogens is 296 g/mol. The summed E-state index contributed by atoms with van der Waals surface area (Å²) in [6.07, 6.45) is 2.92. The number of nitrogens with one attached hydrogen (secondary N) is 1. The van der Waals surface area contributed by atoms with Gasteiger partial charge in [-0.2, -0.15) is 0 Å². The zero-order valence-corrected chi connectivity index (χ0v) is 13.4. The first-order chi connectivity index (χ1) is 11.0. The fourth-order valence-electron chi connectivity index (χ4n) is 3.24. The molecule has 1 aliphatic carbocycles. The average molecular weight is 318 g/mol. The molecule has 0 radical (unpaired) electrons. The van der Waals surface area contributed by atoms with Crippen LogP contribution in [0, 0.1) is 12.8 Å². The summed E-state index contributed by atoms with van der Waals surface area (Å²) in [6.45, 7) is 2.32. The Labute approximate surface area is 134 Å². The van der Waals surface area contributed by atoms with E-state index in [1.54, 1.807) is 6.33 Å². The molecule has 2 aromatic heterocycles. The lowest BCUT2D eigenvalue weighted by Gasteiger charge is -2.14. The van der Waals surface area contributed by atoms with Gasteiger partial charge in [0, 0.05) is 25.4 Å². The lowest BCUT2D eigenvalue weighted by atomic mass is 10.0. The second-order valence-electron chi connectivity index (χ2n) is 6.29. The van der Waals surface area contributed by atoms with E-state index in [0.717, 1.165) is 18.0 Å². The molecule has 3 rings (SSSR count). The number of aliphatic hydroxyl groups excluding tert-OH is 1. The van der Waals surface area contributed by atoms with E-state index in [2.05, 4.69) is 15.5 Å². The molecule has 0 unspecified atom stereocenters. The van der Waals surface area contributed by atoms with E-state index in [-0.39, 0.29) is 24.2 Å². The van der Waals surface area contributed by atoms with Crippen molar-refractivity contribution in [2.45, 2.75) is 38.2 Å². The molecule has 0 spiro atoms. The third-order valence-corrected chi connectivity index (χ3v) is 4.46. The normalized spacial score (nSPS) is 24.0. The number of carbonyl (C=O) groups is 1. The number of aryl methyl sites for hydroxylation is 2. The quantitative estimate of drug-likeness (QED) is 0.855. The number of rotatable bonds is 5. The fourth-order valence-corrected chi connectivity index (χ4v) is 3.24. The first-order valence-electron chi connectivity index (χ1n) is 7.87. The third-order valence-electron chi connectivity index (χ3n) is 4.46. The Hall–Kier alpha value is -2.15. The van der Waals surface area contributed by atoms with Crippen LogP contribution in [0.5, 0.6) is 0 Å². The lowest BCUT2D eigenvalue weighted by Crippen LogP contribution is -2.33. The number of amides is 1. The SMILES string of the molecule is Cc1ccc(CC(=O)NC[C@H]2C[C@H](c3nncn3C)C[C@H]2O)o1. The van der Waals surface area contributed by atoms with Gasteiger partial charge in [0.15, 0.2) is 0 Å². The molecule has 1 saturated carbocycles. The van der Waals surface area contributed by atoms with Crippen molar-refractivity contribution in [2.75, 3.05) is 6.54 Å². The van der Waals surface area contributed by atoms with Crippen molar-refractivity contribution in [2.24, 2.45) is 13.0 Å². The Morgan fingerprint density at radius 1 is 1.48 bits per heavy atom. The number of aromatic nitrogens is 3. The standard InChI is InChI=1S/C16H22N4O3/c1-10-3-4-13(23-10)7-15(22)17-8-12-5-11(6-14(12)21)16-19-18-9-20(16)2/h3-4,9,11-12,14,21H,5-8H2,1-2H3,(H,17,22)/t11-,12+,14+/m0/s1. The summed E-state index contributed by atoms with van der Waals surface area (Å²) >= 11 is 0. The van der Waals surface area contributed by atoms with Crippen LogP contribution in [0.3, 0.4) is 0 Å². The third kappa shape index (κ3) is 3.61. The number of furan rings is 1. The maximum Gasteiger partial charge on any atom is 0.227 e. The van der Waals surface area contributed by atoms with Crippen LogP contribution in [0.1, 0.15) is 36.1 Å². The van der Waals surface area contributed by atoms with Gasteiger partial charge < -0.3 is 19.4 Å². The monoisotopic (exact) mass is 318 g/mol. The minimum absolute atomic E-state index is 0.0407. The van der Waals surface area contributed by atoms with E-state index < -0.39 is 6.10 Å². The Morgan fingerprint density at radius 2 is 2.30 bits per heavy atom. The van der Waals surface area contributed by atoms with Gasteiger partial charge in [-0.05, 0) is 31.9 Å². The van der Waals surface area contributed by atoms with E-state index in [0.29, 0.717) is 18.7 Å². The van der Waals surface area contributed by atoms with Crippen LogP contribution in [0.15, 0.2) is 22.9 Å². The summed E-state index contributed by atoms with van der Waals surface area (Å²) in [6, 6.07) is 3.65. The summed E-state index contributed by atoms with van der Waals surface area (Å²) in [5.41, 5.74) is 0. The van der Waals surface area contributed by atoms with Crippen molar-refractivity contribution in [1.29, 1.82) is 0 Å². The van der Waals surface area contributed by atoms with Gasteiger partial charge in [0.2, 0.25) is 5.91 Å². The molecule has 0 bridgehead atoms. The Bertz CT molecular complexity index is 678. The van der Waals surface area contributed by atoms with Crippen LogP contribution in [-0.2, 0) is 18.3 Å². The molecule has 124 valence electrons. The second-order valence-corrected chi connectivity index (χ2v) is 6.29. The molecule has 0 aliphatic heterocycles. The molecule has 2 N–H and O–H groups in total. The molecule has 0 aromatic carbocycles. The highest BCUT2D eigenvalue weighted by molar-refractivity contribution is 5.77. The van der Waals surface area contributed by atoms with Crippen molar-refractivity contribution in [3.05, 3.63) is 35.8 Å². The van der Waals surface area contributed by atoms with Crippen LogP contribution >= 0.6 is 0 Å². The van der Waals surface area contributed by atoms with E-state index in [9.17, 15) is 9.90 Å². The van der Waals surface area contributed by atoms with Gasteiger partial charge in [0.1, 0.15) is 23.7 Å². The largest absolute Gasteiger partial charge is 0.466 e. The molecule has 1 amide bonds. The second kappa shape index (κ2) is 6.54. The zero-order valence-electron chi connectivity index (χ0n) is 13.4. The molecule has 2 aromatic rings. The molecule has 3 atom stereocenters. The Balaban J connectivity index is 1.50. The summed E-state index contributed by atoms with van der Waals surface area (Å²) in [7, 11) is 1.90. The van der Waals surface area contributed by atoms with Gasteiger partial charge in [-0.3, -0.25) is 4.79 Å². The summed E-state index contributed by atoms with van der Waals surface area (Å²) < 4.78 is 7.28. The van der Waals surface area contributed by atoms with Crippen molar-refractivity contribution in [1.82, 2.24) is 20.1 Å². The van der Waals surface area contributed by atoms with E-state index in [1.807, 2.05) is 30.7 Å². The number of aliphatic hydroxyl groups is 1. The van der Waals surface area contributed by atoms with Crippen LogP contribution in [-0.4, -0.2) is 38.4 Å². The highest BCUT2D eigenvalue weighted by Gasteiger charge is 2.35. The molecule has 7 heteroatoms. The van der Waals surface area contributed by atoms with Crippen molar-refractivity contribution in [3.63, 3.8) is 0 Å². The summed E-state index contributed by atoms with van der Waals surface area (Å²) in [5.74, 6) is 2.48. The molecular formula is C16H22N4O3. The first-order valence-corrected chi connectivity index (χ1v) is 7.87. The van der Waals surface area contributed by atoms with Gasteiger partial charge in [0.05, 0.1) is 12.5 Å². The van der Waals surface area contributed by atoms with Gasteiger partial charge in [0.25, 0.3) is 0 Å². The van der Waals surface area contributed by atoms with E-state index in [1.165, 1.54) is 0 Å². The van der Waals surface area contributed by atoms with Gasteiger partial charge in [-0.15, -0.1) is 10.2 Å². The fraction of sp³-hybridized carbons (Fsp3) is 0.562. The number of hydrogen-bond acceptors (Lipinski definition) is 5.